The number of hydrogen-bond donors (Lipinski definition) is 2. The van der Waals surface area contributed by atoms with Gasteiger partial charge >= 0.3 is 11.9 Å². The molecule has 2 N–H and O–H groups in total. The average Bonchev–Trinajstić information content (AvgIpc) is 2.73. The van der Waals surface area contributed by atoms with E-state index in [0.29, 0.717) is 5.56 Å². The van der Waals surface area contributed by atoms with Gasteiger partial charge in [-0.05, 0) is 12.1 Å². The molecule has 0 saturated carbocycles. The lowest BCUT2D eigenvalue weighted by Crippen LogP contribution is -2.38. The van der Waals surface area contributed by atoms with E-state index in [1.54, 1.807) is 30.3 Å². The Labute approximate surface area is 121 Å². The molecule has 21 heavy (non-hydrogen) atoms. The maximum atomic E-state index is 11.8. The monoisotopic (exact) mass is 296 g/mol. The van der Waals surface area contributed by atoms with Crippen LogP contribution in [0.25, 0.3) is 0 Å². The molecule has 1 saturated heterocycles. The highest BCUT2D eigenvalue weighted by Gasteiger charge is 2.45. The maximum absolute atomic E-state index is 11.8. The van der Waals surface area contributed by atoms with Crippen molar-refractivity contribution in [1.29, 1.82) is 0 Å². The lowest BCUT2D eigenvalue weighted by molar-refractivity contribution is -0.153. The van der Waals surface area contributed by atoms with Crippen molar-refractivity contribution < 1.29 is 34.0 Å². The minimum atomic E-state index is -1.49. The fraction of sp³-hybridized carbons (Fsp3) is 0.429. The van der Waals surface area contributed by atoms with Gasteiger partial charge in [0.15, 0.2) is 12.4 Å². The van der Waals surface area contributed by atoms with Crippen LogP contribution < -0.4 is 0 Å². The third kappa shape index (κ3) is 3.78. The molecule has 0 aliphatic carbocycles. The number of carbonyl (C=O) groups is 2. The minimum Gasteiger partial charge on any atom is -0.459 e. The topological polar surface area (TPSA) is 102 Å². The van der Waals surface area contributed by atoms with Crippen LogP contribution in [0.2, 0.25) is 0 Å². The van der Waals surface area contributed by atoms with Gasteiger partial charge in [-0.25, -0.2) is 4.79 Å². The first kappa shape index (κ1) is 15.4. The number of aliphatic hydroxyl groups excluding tert-OH is 2. The van der Waals surface area contributed by atoms with E-state index in [-0.39, 0.29) is 6.61 Å². The van der Waals surface area contributed by atoms with Crippen LogP contribution in [0.3, 0.4) is 0 Å². The number of esters is 2. The standard InChI is InChI=1S/C14H16O7/c1-8(15)20-12-10(21-14(18)11(12)16)7-19-13(17)9-5-3-2-4-6-9/h2-6,10-12,14,16,18H,7H2,1H3. The number of rotatable bonds is 4. The molecule has 1 aromatic rings. The van der Waals surface area contributed by atoms with Crippen LogP contribution in [-0.2, 0) is 19.0 Å². The molecule has 7 heteroatoms. The Morgan fingerprint density at radius 3 is 2.52 bits per heavy atom. The molecule has 1 heterocycles. The molecular formula is C14H16O7. The molecule has 0 radical (unpaired) electrons. The number of hydrogen-bond acceptors (Lipinski definition) is 7. The first-order chi connectivity index (χ1) is 9.99. The molecule has 0 amide bonds. The normalized spacial score (nSPS) is 28.1. The summed E-state index contributed by atoms with van der Waals surface area (Å²) in [6, 6.07) is 8.33. The highest BCUT2D eigenvalue weighted by Crippen LogP contribution is 2.23. The molecule has 4 atom stereocenters. The summed E-state index contributed by atoms with van der Waals surface area (Å²) in [6.45, 7) is 0.921. The Morgan fingerprint density at radius 2 is 1.90 bits per heavy atom. The Kier molecular flexibility index (Phi) is 4.89. The number of aliphatic hydroxyl groups is 2. The Bertz CT molecular complexity index is 501. The molecular weight excluding hydrogens is 280 g/mol. The van der Waals surface area contributed by atoms with Gasteiger partial charge in [0.05, 0.1) is 5.56 Å². The summed E-state index contributed by atoms with van der Waals surface area (Å²) in [5.41, 5.74) is 0.362. The van der Waals surface area contributed by atoms with E-state index in [2.05, 4.69) is 0 Å². The first-order valence-corrected chi connectivity index (χ1v) is 6.40. The lowest BCUT2D eigenvalue weighted by Gasteiger charge is -2.19. The van der Waals surface area contributed by atoms with Gasteiger partial charge in [0.25, 0.3) is 0 Å². The van der Waals surface area contributed by atoms with Gasteiger partial charge in [0, 0.05) is 6.92 Å². The van der Waals surface area contributed by atoms with Crippen LogP contribution in [-0.4, -0.2) is 53.4 Å². The van der Waals surface area contributed by atoms with Crippen LogP contribution in [0.4, 0.5) is 0 Å². The maximum Gasteiger partial charge on any atom is 0.338 e. The van der Waals surface area contributed by atoms with Gasteiger partial charge in [-0.1, -0.05) is 18.2 Å². The molecule has 1 aliphatic heterocycles. The third-order valence-electron chi connectivity index (χ3n) is 3.00. The molecule has 7 nitrogen and oxygen atoms in total. The predicted molar refractivity (Wildman–Crippen MR) is 69.2 cm³/mol. The van der Waals surface area contributed by atoms with Crippen molar-refractivity contribution in [3.8, 4) is 0 Å². The van der Waals surface area contributed by atoms with Gasteiger partial charge in [-0.3, -0.25) is 4.79 Å². The molecule has 4 unspecified atom stereocenters. The molecule has 1 fully saturated rings. The SMILES string of the molecule is CC(=O)OC1C(COC(=O)c2ccccc2)OC(O)C1O. The van der Waals surface area contributed by atoms with Gasteiger partial charge < -0.3 is 24.4 Å². The summed E-state index contributed by atoms with van der Waals surface area (Å²) >= 11 is 0. The van der Waals surface area contributed by atoms with Crippen molar-refractivity contribution >= 4 is 11.9 Å². The summed E-state index contributed by atoms with van der Waals surface area (Å²) in [5.74, 6) is -1.20. The number of benzene rings is 1. The second-order valence-corrected chi connectivity index (χ2v) is 4.59. The van der Waals surface area contributed by atoms with Crippen molar-refractivity contribution in [2.75, 3.05) is 6.61 Å². The van der Waals surface area contributed by atoms with E-state index in [4.69, 9.17) is 14.2 Å². The van der Waals surface area contributed by atoms with Crippen molar-refractivity contribution in [2.24, 2.45) is 0 Å². The molecule has 1 aromatic carbocycles. The lowest BCUT2D eigenvalue weighted by atomic mass is 10.1. The van der Waals surface area contributed by atoms with Gasteiger partial charge in [-0.2, -0.15) is 0 Å². The predicted octanol–water partition coefficient (Wildman–Crippen LogP) is -0.147. The number of ether oxygens (including phenoxy) is 3. The average molecular weight is 296 g/mol. The summed E-state index contributed by atoms with van der Waals surface area (Å²) < 4.78 is 14.9. The van der Waals surface area contributed by atoms with Crippen LogP contribution >= 0.6 is 0 Å². The first-order valence-electron chi connectivity index (χ1n) is 6.40. The Balaban J connectivity index is 1.95. The summed E-state index contributed by atoms with van der Waals surface area (Å²) in [6.07, 6.45) is -4.88. The Morgan fingerprint density at radius 1 is 1.24 bits per heavy atom. The summed E-state index contributed by atoms with van der Waals surface area (Å²) in [7, 11) is 0. The van der Waals surface area contributed by atoms with Gasteiger partial charge in [0.2, 0.25) is 0 Å². The zero-order chi connectivity index (χ0) is 15.4. The van der Waals surface area contributed by atoms with E-state index < -0.39 is 36.5 Å². The van der Waals surface area contributed by atoms with Crippen molar-refractivity contribution in [3.05, 3.63) is 35.9 Å². The molecule has 0 bridgehead atoms. The fourth-order valence-electron chi connectivity index (χ4n) is 2.01. The minimum absolute atomic E-state index is 0.250. The van der Waals surface area contributed by atoms with E-state index in [0.717, 1.165) is 0 Å². The van der Waals surface area contributed by atoms with Gasteiger partial charge in [-0.15, -0.1) is 0 Å². The smallest absolute Gasteiger partial charge is 0.338 e. The largest absolute Gasteiger partial charge is 0.459 e. The highest BCUT2D eigenvalue weighted by molar-refractivity contribution is 5.89. The fourth-order valence-corrected chi connectivity index (χ4v) is 2.01. The summed E-state index contributed by atoms with van der Waals surface area (Å²) in [4.78, 5) is 22.8. The van der Waals surface area contributed by atoms with Crippen LogP contribution in [0, 0.1) is 0 Å². The molecule has 0 spiro atoms. The molecule has 0 aromatic heterocycles. The zero-order valence-electron chi connectivity index (χ0n) is 11.3. The van der Waals surface area contributed by atoms with E-state index in [1.807, 2.05) is 0 Å². The second-order valence-electron chi connectivity index (χ2n) is 4.59. The van der Waals surface area contributed by atoms with Gasteiger partial charge in [0.1, 0.15) is 18.8 Å². The number of carbonyl (C=O) groups excluding carboxylic acids is 2. The van der Waals surface area contributed by atoms with Crippen molar-refractivity contribution in [1.82, 2.24) is 0 Å². The quantitative estimate of drug-likeness (QED) is 0.745. The Hall–Kier alpha value is -1.96. The zero-order valence-corrected chi connectivity index (χ0v) is 11.3. The van der Waals surface area contributed by atoms with Crippen LogP contribution in [0.15, 0.2) is 30.3 Å². The van der Waals surface area contributed by atoms with Crippen molar-refractivity contribution in [3.63, 3.8) is 0 Å². The second kappa shape index (κ2) is 6.66. The molecule has 114 valence electrons. The molecule has 2 rings (SSSR count). The highest BCUT2D eigenvalue weighted by atomic mass is 16.7. The van der Waals surface area contributed by atoms with Crippen LogP contribution in [0.1, 0.15) is 17.3 Å². The van der Waals surface area contributed by atoms with Crippen LogP contribution in [0.5, 0.6) is 0 Å². The van der Waals surface area contributed by atoms with E-state index in [1.165, 1.54) is 6.92 Å². The van der Waals surface area contributed by atoms with Crippen molar-refractivity contribution in [2.45, 2.75) is 31.5 Å². The van der Waals surface area contributed by atoms with E-state index >= 15 is 0 Å². The summed E-state index contributed by atoms with van der Waals surface area (Å²) in [5, 5.41) is 19.1. The van der Waals surface area contributed by atoms with E-state index in [9.17, 15) is 19.8 Å². The third-order valence-corrected chi connectivity index (χ3v) is 3.00. The molecule has 1 aliphatic rings.